The van der Waals surface area contributed by atoms with Crippen molar-refractivity contribution in [1.82, 2.24) is 0 Å². The molecule has 3 rings (SSSR count). The molecular formula is C15H17FN2O3. The van der Waals surface area contributed by atoms with Crippen LogP contribution in [0.4, 0.5) is 10.1 Å². The number of hydrogen-bond acceptors (Lipinski definition) is 5. The van der Waals surface area contributed by atoms with E-state index in [1.54, 1.807) is 6.07 Å². The number of benzene rings is 1. The van der Waals surface area contributed by atoms with Crippen LogP contribution in [0.15, 0.2) is 18.2 Å². The van der Waals surface area contributed by atoms with Gasteiger partial charge in [0, 0.05) is 19.4 Å². The minimum absolute atomic E-state index is 0.0836. The summed E-state index contributed by atoms with van der Waals surface area (Å²) in [6, 6.07) is 6.09. The molecule has 112 valence electrons. The Morgan fingerprint density at radius 3 is 2.95 bits per heavy atom. The predicted molar refractivity (Wildman–Crippen MR) is 73.2 cm³/mol. The first-order valence-corrected chi connectivity index (χ1v) is 7.04. The first-order chi connectivity index (χ1) is 10.2. The maximum Gasteiger partial charge on any atom is 0.173 e. The van der Waals surface area contributed by atoms with Crippen LogP contribution in [0, 0.1) is 17.1 Å². The molecule has 2 aliphatic heterocycles. The monoisotopic (exact) mass is 292 g/mol. The third-order valence-electron chi connectivity index (χ3n) is 3.79. The fourth-order valence-electron chi connectivity index (χ4n) is 2.65. The van der Waals surface area contributed by atoms with E-state index in [0.717, 1.165) is 12.8 Å². The number of halogens is 1. The summed E-state index contributed by atoms with van der Waals surface area (Å²) in [6.45, 7) is 2.33. The fourth-order valence-corrected chi connectivity index (χ4v) is 2.65. The van der Waals surface area contributed by atoms with Crippen molar-refractivity contribution in [2.24, 2.45) is 0 Å². The Morgan fingerprint density at radius 1 is 1.38 bits per heavy atom. The maximum absolute atomic E-state index is 13.1. The lowest BCUT2D eigenvalue weighted by molar-refractivity contribution is -0.209. The first kappa shape index (κ1) is 14.3. The molecule has 0 aliphatic carbocycles. The number of anilines is 1. The number of rotatable bonds is 3. The Morgan fingerprint density at radius 2 is 2.19 bits per heavy atom. The molecule has 21 heavy (non-hydrogen) atoms. The largest absolute Gasteiger partial charge is 0.381 e. The molecule has 0 bridgehead atoms. The highest BCUT2D eigenvalue weighted by atomic mass is 19.1. The zero-order chi connectivity index (χ0) is 14.7. The summed E-state index contributed by atoms with van der Waals surface area (Å²) in [5.41, 5.74) is 0.894. The lowest BCUT2D eigenvalue weighted by Gasteiger charge is -2.31. The van der Waals surface area contributed by atoms with Gasteiger partial charge in [0.25, 0.3) is 0 Å². The van der Waals surface area contributed by atoms with Crippen molar-refractivity contribution in [3.05, 3.63) is 29.6 Å². The standard InChI is InChI=1S/C15H17FN2O3/c16-12-1-2-14(11(7-12)8-17)18-9-13-10-20-15(21-13)3-5-19-6-4-15/h1-2,7,13,18H,3-6,9-10H2. The third-order valence-corrected chi connectivity index (χ3v) is 3.79. The van der Waals surface area contributed by atoms with E-state index in [0.29, 0.717) is 32.1 Å². The second kappa shape index (κ2) is 5.98. The molecule has 1 unspecified atom stereocenters. The van der Waals surface area contributed by atoms with Gasteiger partial charge in [0.05, 0.1) is 31.1 Å². The van der Waals surface area contributed by atoms with E-state index in [-0.39, 0.29) is 11.7 Å². The molecule has 0 aromatic heterocycles. The molecule has 1 aromatic carbocycles. The van der Waals surface area contributed by atoms with Gasteiger partial charge in [-0.05, 0) is 18.2 Å². The Bertz CT molecular complexity index is 552. The molecule has 2 fully saturated rings. The van der Waals surface area contributed by atoms with Crippen LogP contribution in [0.1, 0.15) is 18.4 Å². The van der Waals surface area contributed by atoms with Gasteiger partial charge in [-0.3, -0.25) is 0 Å². The van der Waals surface area contributed by atoms with Gasteiger partial charge in [-0.2, -0.15) is 5.26 Å². The van der Waals surface area contributed by atoms with E-state index < -0.39 is 11.6 Å². The van der Waals surface area contributed by atoms with Gasteiger partial charge in [-0.25, -0.2) is 4.39 Å². The van der Waals surface area contributed by atoms with Gasteiger partial charge in [0.2, 0.25) is 0 Å². The Hall–Kier alpha value is -1.68. The summed E-state index contributed by atoms with van der Waals surface area (Å²) >= 11 is 0. The quantitative estimate of drug-likeness (QED) is 0.923. The second-order valence-electron chi connectivity index (χ2n) is 5.26. The van der Waals surface area contributed by atoms with E-state index >= 15 is 0 Å². The van der Waals surface area contributed by atoms with E-state index in [1.807, 2.05) is 6.07 Å². The summed E-state index contributed by atoms with van der Waals surface area (Å²) in [6.07, 6.45) is 1.40. The number of ether oxygens (including phenoxy) is 3. The zero-order valence-corrected chi connectivity index (χ0v) is 11.6. The van der Waals surface area contributed by atoms with Gasteiger partial charge in [0.15, 0.2) is 5.79 Å². The van der Waals surface area contributed by atoms with Gasteiger partial charge >= 0.3 is 0 Å². The van der Waals surface area contributed by atoms with Crippen LogP contribution in [0.2, 0.25) is 0 Å². The van der Waals surface area contributed by atoms with Crippen molar-refractivity contribution in [2.75, 3.05) is 31.7 Å². The fraction of sp³-hybridized carbons (Fsp3) is 0.533. The maximum atomic E-state index is 13.1. The van der Waals surface area contributed by atoms with Crippen molar-refractivity contribution >= 4 is 5.69 Å². The summed E-state index contributed by atoms with van der Waals surface area (Å²) < 4.78 is 30.2. The lowest BCUT2D eigenvalue weighted by Crippen LogP contribution is -2.38. The first-order valence-electron chi connectivity index (χ1n) is 7.04. The topological polar surface area (TPSA) is 63.5 Å². The Labute approximate surface area is 122 Å². The molecule has 5 nitrogen and oxygen atoms in total. The van der Waals surface area contributed by atoms with Crippen LogP contribution in [0.5, 0.6) is 0 Å². The SMILES string of the molecule is N#Cc1cc(F)ccc1NCC1COC2(CCOCC2)O1. The molecule has 0 saturated carbocycles. The molecule has 6 heteroatoms. The Kier molecular flexibility index (Phi) is 4.06. The molecule has 1 aromatic rings. The average molecular weight is 292 g/mol. The predicted octanol–water partition coefficient (Wildman–Crippen LogP) is 2.03. The van der Waals surface area contributed by atoms with Gasteiger partial charge in [0.1, 0.15) is 18.0 Å². The highest BCUT2D eigenvalue weighted by Crippen LogP contribution is 2.33. The smallest absolute Gasteiger partial charge is 0.173 e. The Balaban J connectivity index is 1.58. The average Bonchev–Trinajstić information content (AvgIpc) is 2.89. The third kappa shape index (κ3) is 3.16. The normalized spacial score (nSPS) is 23.9. The van der Waals surface area contributed by atoms with Crippen molar-refractivity contribution in [3.63, 3.8) is 0 Å². The molecular weight excluding hydrogens is 275 g/mol. The summed E-state index contributed by atoms with van der Waals surface area (Å²) in [7, 11) is 0. The van der Waals surface area contributed by atoms with Crippen LogP contribution in [-0.2, 0) is 14.2 Å². The van der Waals surface area contributed by atoms with Crippen LogP contribution < -0.4 is 5.32 Å². The summed E-state index contributed by atoms with van der Waals surface area (Å²) in [4.78, 5) is 0. The van der Waals surface area contributed by atoms with Gasteiger partial charge < -0.3 is 19.5 Å². The van der Waals surface area contributed by atoms with Gasteiger partial charge in [-0.15, -0.1) is 0 Å². The molecule has 0 amide bonds. The molecule has 2 saturated heterocycles. The number of nitrogens with one attached hydrogen (secondary N) is 1. The van der Waals surface area contributed by atoms with E-state index in [9.17, 15) is 4.39 Å². The number of nitriles is 1. The van der Waals surface area contributed by atoms with Crippen LogP contribution >= 0.6 is 0 Å². The molecule has 2 heterocycles. The molecule has 1 atom stereocenters. The molecule has 1 spiro atoms. The lowest BCUT2D eigenvalue weighted by atomic mass is 10.1. The number of nitrogens with zero attached hydrogens (tertiary/aromatic N) is 1. The van der Waals surface area contributed by atoms with Crippen LogP contribution in [-0.4, -0.2) is 38.3 Å². The summed E-state index contributed by atoms with van der Waals surface area (Å²) in [5, 5.41) is 12.1. The van der Waals surface area contributed by atoms with Crippen LogP contribution in [0.25, 0.3) is 0 Å². The highest BCUT2D eigenvalue weighted by Gasteiger charge is 2.42. The summed E-state index contributed by atoms with van der Waals surface area (Å²) in [5.74, 6) is -0.926. The zero-order valence-electron chi connectivity index (χ0n) is 11.6. The van der Waals surface area contributed by atoms with E-state index in [4.69, 9.17) is 19.5 Å². The van der Waals surface area contributed by atoms with E-state index in [1.165, 1.54) is 12.1 Å². The van der Waals surface area contributed by atoms with Crippen molar-refractivity contribution < 1.29 is 18.6 Å². The van der Waals surface area contributed by atoms with Crippen molar-refractivity contribution in [2.45, 2.75) is 24.7 Å². The van der Waals surface area contributed by atoms with Gasteiger partial charge in [-0.1, -0.05) is 0 Å². The highest BCUT2D eigenvalue weighted by molar-refractivity contribution is 5.57. The molecule has 0 radical (unpaired) electrons. The molecule has 2 aliphatic rings. The minimum Gasteiger partial charge on any atom is -0.381 e. The van der Waals surface area contributed by atoms with Crippen molar-refractivity contribution in [1.29, 1.82) is 5.26 Å². The minimum atomic E-state index is -0.508. The van der Waals surface area contributed by atoms with E-state index in [2.05, 4.69) is 5.32 Å². The number of hydrogen-bond donors (Lipinski definition) is 1. The second-order valence-corrected chi connectivity index (χ2v) is 5.26. The molecule has 1 N–H and O–H groups in total. The van der Waals surface area contributed by atoms with Crippen molar-refractivity contribution in [3.8, 4) is 6.07 Å². The van der Waals surface area contributed by atoms with Crippen LogP contribution in [0.3, 0.4) is 0 Å².